The highest BCUT2D eigenvalue weighted by Gasteiger charge is 2.05. The number of carbonyl (C=O) groups is 1. The van der Waals surface area contributed by atoms with Crippen LogP contribution in [0.3, 0.4) is 0 Å². The molecule has 20 heavy (non-hydrogen) atoms. The highest BCUT2D eigenvalue weighted by molar-refractivity contribution is 5.90. The Kier molecular flexibility index (Phi) is 4.84. The third-order valence-electron chi connectivity index (χ3n) is 2.78. The van der Waals surface area contributed by atoms with Gasteiger partial charge in [0.15, 0.2) is 5.82 Å². The van der Waals surface area contributed by atoms with Crippen molar-refractivity contribution in [2.75, 3.05) is 19.0 Å². The fourth-order valence-electron chi connectivity index (χ4n) is 1.77. The van der Waals surface area contributed by atoms with E-state index in [1.807, 2.05) is 31.3 Å². The molecule has 0 aliphatic rings. The minimum absolute atomic E-state index is 0.00855. The quantitative estimate of drug-likeness (QED) is 0.816. The SMILES string of the molecule is COCCCC(=O)Nc1ccc(-c2ncn(C)n2)cc1. The molecule has 1 aromatic heterocycles. The molecule has 0 unspecified atom stereocenters. The van der Waals surface area contributed by atoms with E-state index in [1.165, 1.54) is 0 Å². The topological polar surface area (TPSA) is 69.0 Å². The maximum absolute atomic E-state index is 11.7. The van der Waals surface area contributed by atoms with E-state index < -0.39 is 0 Å². The van der Waals surface area contributed by atoms with Crippen LogP contribution in [0.4, 0.5) is 5.69 Å². The summed E-state index contributed by atoms with van der Waals surface area (Å²) in [5, 5.41) is 7.07. The molecule has 0 radical (unpaired) electrons. The number of aromatic nitrogens is 3. The monoisotopic (exact) mass is 274 g/mol. The Hall–Kier alpha value is -2.21. The van der Waals surface area contributed by atoms with Crippen molar-refractivity contribution in [3.63, 3.8) is 0 Å². The van der Waals surface area contributed by atoms with Gasteiger partial charge in [-0.25, -0.2) is 4.98 Å². The average molecular weight is 274 g/mol. The van der Waals surface area contributed by atoms with Crippen molar-refractivity contribution in [3.05, 3.63) is 30.6 Å². The lowest BCUT2D eigenvalue weighted by Gasteiger charge is -2.05. The summed E-state index contributed by atoms with van der Waals surface area (Å²) in [6.07, 6.45) is 2.83. The Morgan fingerprint density at radius 1 is 1.35 bits per heavy atom. The first kappa shape index (κ1) is 14.2. The molecule has 1 N–H and O–H groups in total. The van der Waals surface area contributed by atoms with Crippen LogP contribution in [0, 0.1) is 0 Å². The van der Waals surface area contributed by atoms with E-state index in [0.717, 1.165) is 17.7 Å². The first-order valence-corrected chi connectivity index (χ1v) is 6.44. The molecule has 6 heteroatoms. The molecular weight excluding hydrogens is 256 g/mol. The summed E-state index contributed by atoms with van der Waals surface area (Å²) in [4.78, 5) is 15.8. The van der Waals surface area contributed by atoms with Gasteiger partial charge in [-0.3, -0.25) is 9.48 Å². The van der Waals surface area contributed by atoms with Gasteiger partial charge in [0, 0.05) is 38.4 Å². The van der Waals surface area contributed by atoms with Crippen molar-refractivity contribution < 1.29 is 9.53 Å². The number of aryl methyl sites for hydroxylation is 1. The molecule has 0 atom stereocenters. The van der Waals surface area contributed by atoms with Crippen molar-refractivity contribution in [1.82, 2.24) is 14.8 Å². The Labute approximate surface area is 117 Å². The van der Waals surface area contributed by atoms with Gasteiger partial charge in [-0.05, 0) is 30.7 Å². The van der Waals surface area contributed by atoms with Crippen LogP contribution in [-0.2, 0) is 16.6 Å². The Morgan fingerprint density at radius 2 is 2.10 bits per heavy atom. The zero-order chi connectivity index (χ0) is 14.4. The van der Waals surface area contributed by atoms with Crippen LogP contribution in [-0.4, -0.2) is 34.4 Å². The Balaban J connectivity index is 1.93. The van der Waals surface area contributed by atoms with Crippen LogP contribution in [0.25, 0.3) is 11.4 Å². The molecule has 106 valence electrons. The maximum atomic E-state index is 11.7. The predicted molar refractivity (Wildman–Crippen MR) is 76.2 cm³/mol. The van der Waals surface area contributed by atoms with Crippen LogP contribution >= 0.6 is 0 Å². The smallest absolute Gasteiger partial charge is 0.224 e. The number of methoxy groups -OCH3 is 1. The van der Waals surface area contributed by atoms with E-state index in [1.54, 1.807) is 18.1 Å². The van der Waals surface area contributed by atoms with Gasteiger partial charge < -0.3 is 10.1 Å². The summed E-state index contributed by atoms with van der Waals surface area (Å²) in [5.41, 5.74) is 1.69. The number of ether oxygens (including phenoxy) is 1. The zero-order valence-corrected chi connectivity index (χ0v) is 11.7. The molecule has 1 aromatic carbocycles. The summed E-state index contributed by atoms with van der Waals surface area (Å²) >= 11 is 0. The molecule has 0 bridgehead atoms. The van der Waals surface area contributed by atoms with Crippen LogP contribution < -0.4 is 5.32 Å². The lowest BCUT2D eigenvalue weighted by Crippen LogP contribution is -2.11. The highest BCUT2D eigenvalue weighted by atomic mass is 16.5. The van der Waals surface area contributed by atoms with Gasteiger partial charge >= 0.3 is 0 Å². The number of nitrogens with zero attached hydrogens (tertiary/aromatic N) is 3. The number of amides is 1. The molecule has 1 amide bonds. The standard InChI is InChI=1S/C14H18N4O2/c1-18-10-15-14(17-18)11-5-7-12(8-6-11)16-13(19)4-3-9-20-2/h5-8,10H,3-4,9H2,1-2H3,(H,16,19). The highest BCUT2D eigenvalue weighted by Crippen LogP contribution is 2.17. The van der Waals surface area contributed by atoms with E-state index in [0.29, 0.717) is 18.9 Å². The minimum atomic E-state index is -0.00855. The summed E-state index contributed by atoms with van der Waals surface area (Å²) in [6, 6.07) is 7.47. The molecule has 0 saturated heterocycles. The van der Waals surface area contributed by atoms with E-state index >= 15 is 0 Å². The fraction of sp³-hybridized carbons (Fsp3) is 0.357. The van der Waals surface area contributed by atoms with Gasteiger partial charge in [-0.2, -0.15) is 5.10 Å². The van der Waals surface area contributed by atoms with E-state index in [4.69, 9.17) is 4.74 Å². The second-order valence-electron chi connectivity index (χ2n) is 4.46. The molecule has 2 aromatic rings. The van der Waals surface area contributed by atoms with Gasteiger partial charge in [0.2, 0.25) is 5.91 Å². The second kappa shape index (κ2) is 6.81. The van der Waals surface area contributed by atoms with Crippen LogP contribution in [0.1, 0.15) is 12.8 Å². The molecule has 1 heterocycles. The van der Waals surface area contributed by atoms with Gasteiger partial charge in [0.1, 0.15) is 6.33 Å². The normalized spacial score (nSPS) is 10.5. The molecule has 0 saturated carbocycles. The Bertz CT molecular complexity index is 563. The molecule has 6 nitrogen and oxygen atoms in total. The lowest BCUT2D eigenvalue weighted by molar-refractivity contribution is -0.116. The number of hydrogen-bond donors (Lipinski definition) is 1. The largest absolute Gasteiger partial charge is 0.385 e. The molecule has 0 aliphatic heterocycles. The van der Waals surface area contributed by atoms with Crippen molar-refractivity contribution in [2.45, 2.75) is 12.8 Å². The molecule has 0 spiro atoms. The van der Waals surface area contributed by atoms with E-state index in [-0.39, 0.29) is 5.91 Å². The minimum Gasteiger partial charge on any atom is -0.385 e. The summed E-state index contributed by atoms with van der Waals surface area (Å²) in [7, 11) is 3.45. The molecule has 2 rings (SSSR count). The van der Waals surface area contributed by atoms with Crippen LogP contribution in [0.15, 0.2) is 30.6 Å². The fourth-order valence-corrected chi connectivity index (χ4v) is 1.77. The number of hydrogen-bond acceptors (Lipinski definition) is 4. The maximum Gasteiger partial charge on any atom is 0.224 e. The molecular formula is C14H18N4O2. The predicted octanol–water partition coefficient (Wildman–Crippen LogP) is 1.85. The molecule has 0 fully saturated rings. The van der Waals surface area contributed by atoms with Crippen molar-refractivity contribution in [1.29, 1.82) is 0 Å². The number of rotatable bonds is 6. The van der Waals surface area contributed by atoms with Crippen molar-refractivity contribution >= 4 is 11.6 Å². The third-order valence-corrected chi connectivity index (χ3v) is 2.78. The van der Waals surface area contributed by atoms with Gasteiger partial charge in [0.05, 0.1) is 0 Å². The van der Waals surface area contributed by atoms with Gasteiger partial charge in [-0.1, -0.05) is 0 Å². The average Bonchev–Trinajstić information content (AvgIpc) is 2.86. The number of carbonyl (C=O) groups excluding carboxylic acids is 1. The number of benzene rings is 1. The number of anilines is 1. The van der Waals surface area contributed by atoms with Crippen LogP contribution in [0.2, 0.25) is 0 Å². The first-order chi connectivity index (χ1) is 9.69. The van der Waals surface area contributed by atoms with Crippen LogP contribution in [0.5, 0.6) is 0 Å². The summed E-state index contributed by atoms with van der Waals surface area (Å²) in [6.45, 7) is 0.595. The van der Waals surface area contributed by atoms with Gasteiger partial charge in [-0.15, -0.1) is 0 Å². The molecule has 0 aliphatic carbocycles. The van der Waals surface area contributed by atoms with Crippen molar-refractivity contribution in [3.8, 4) is 11.4 Å². The summed E-state index contributed by atoms with van der Waals surface area (Å²) in [5.74, 6) is 0.663. The first-order valence-electron chi connectivity index (χ1n) is 6.44. The van der Waals surface area contributed by atoms with Gasteiger partial charge in [0.25, 0.3) is 0 Å². The lowest BCUT2D eigenvalue weighted by atomic mass is 10.2. The Morgan fingerprint density at radius 3 is 2.70 bits per heavy atom. The van der Waals surface area contributed by atoms with E-state index in [9.17, 15) is 4.79 Å². The zero-order valence-electron chi connectivity index (χ0n) is 11.7. The van der Waals surface area contributed by atoms with E-state index in [2.05, 4.69) is 15.4 Å². The summed E-state index contributed by atoms with van der Waals surface area (Å²) < 4.78 is 6.57. The third kappa shape index (κ3) is 3.89. The number of nitrogens with one attached hydrogen (secondary N) is 1. The van der Waals surface area contributed by atoms with Crippen molar-refractivity contribution in [2.24, 2.45) is 7.05 Å². The second-order valence-corrected chi connectivity index (χ2v) is 4.46.